The van der Waals surface area contributed by atoms with Crippen molar-refractivity contribution in [2.24, 2.45) is 0 Å². The van der Waals surface area contributed by atoms with Crippen molar-refractivity contribution >= 4 is 34.8 Å². The number of rotatable bonds is 6. The van der Waals surface area contributed by atoms with E-state index in [-0.39, 0.29) is 28.7 Å². The fourth-order valence-corrected chi connectivity index (χ4v) is 4.12. The van der Waals surface area contributed by atoms with Gasteiger partial charge in [-0.05, 0) is 46.7 Å². The number of hydrogen-bond donors (Lipinski definition) is 1. The van der Waals surface area contributed by atoms with Gasteiger partial charge in [0.15, 0.2) is 17.3 Å². The standard InChI is InChI=1S/C25H19NO5S/c1-31-22-13-16(7-12-20(22)27)14-23-24(29)26(25(30)32-23)15-21(28)19-10-8-18(9-11-19)17-5-3-2-4-6-17/h2-14,27H,15H2,1H3. The predicted molar refractivity (Wildman–Crippen MR) is 124 cm³/mol. The summed E-state index contributed by atoms with van der Waals surface area (Å²) < 4.78 is 5.06. The van der Waals surface area contributed by atoms with E-state index in [0.717, 1.165) is 27.8 Å². The molecule has 1 saturated heterocycles. The van der Waals surface area contributed by atoms with Gasteiger partial charge < -0.3 is 9.84 Å². The highest BCUT2D eigenvalue weighted by Gasteiger charge is 2.36. The summed E-state index contributed by atoms with van der Waals surface area (Å²) in [6.45, 7) is -0.328. The van der Waals surface area contributed by atoms with Crippen molar-refractivity contribution in [3.8, 4) is 22.6 Å². The molecular formula is C25H19NO5S. The summed E-state index contributed by atoms with van der Waals surface area (Å²) in [4.78, 5) is 39.0. The van der Waals surface area contributed by atoms with Gasteiger partial charge in [0, 0.05) is 5.56 Å². The molecule has 0 unspecified atom stereocenters. The van der Waals surface area contributed by atoms with Crippen molar-refractivity contribution in [1.82, 2.24) is 4.90 Å². The SMILES string of the molecule is COc1cc(C=C2SC(=O)N(CC(=O)c3ccc(-c4ccccc4)cc3)C2=O)ccc1O. The first-order chi connectivity index (χ1) is 15.5. The maximum absolute atomic E-state index is 12.7. The molecule has 0 atom stereocenters. The average Bonchev–Trinajstić information content (AvgIpc) is 3.08. The molecule has 0 bridgehead atoms. The lowest BCUT2D eigenvalue weighted by Gasteiger charge is -2.11. The van der Waals surface area contributed by atoms with Gasteiger partial charge in [0.05, 0.1) is 18.6 Å². The molecule has 0 saturated carbocycles. The van der Waals surface area contributed by atoms with Crippen LogP contribution in [0.4, 0.5) is 4.79 Å². The number of phenolic OH excluding ortho intramolecular Hbond substituents is 1. The summed E-state index contributed by atoms with van der Waals surface area (Å²) in [5, 5.41) is 9.20. The van der Waals surface area contributed by atoms with Crippen LogP contribution in [0.15, 0.2) is 77.7 Å². The molecule has 4 rings (SSSR count). The molecule has 0 aliphatic carbocycles. The summed E-state index contributed by atoms with van der Waals surface area (Å²) >= 11 is 0.774. The van der Waals surface area contributed by atoms with Gasteiger partial charge in [0.25, 0.3) is 11.1 Å². The number of aromatic hydroxyl groups is 1. The van der Waals surface area contributed by atoms with Crippen LogP contribution in [0.5, 0.6) is 11.5 Å². The van der Waals surface area contributed by atoms with E-state index in [1.165, 1.54) is 19.3 Å². The van der Waals surface area contributed by atoms with Gasteiger partial charge >= 0.3 is 0 Å². The van der Waals surface area contributed by atoms with Gasteiger partial charge in [-0.15, -0.1) is 0 Å². The number of imide groups is 1. The third-order valence-corrected chi connectivity index (χ3v) is 5.90. The highest BCUT2D eigenvalue weighted by Crippen LogP contribution is 2.34. The lowest BCUT2D eigenvalue weighted by molar-refractivity contribution is -0.122. The zero-order chi connectivity index (χ0) is 22.7. The van der Waals surface area contributed by atoms with Gasteiger partial charge in [0.1, 0.15) is 0 Å². The number of ether oxygens (including phenoxy) is 1. The van der Waals surface area contributed by atoms with Gasteiger partial charge in [-0.3, -0.25) is 19.3 Å². The Balaban J connectivity index is 1.48. The first-order valence-corrected chi connectivity index (χ1v) is 10.6. The summed E-state index contributed by atoms with van der Waals surface area (Å²) in [5.41, 5.74) is 3.03. The van der Waals surface area contributed by atoms with Gasteiger partial charge in [-0.1, -0.05) is 60.7 Å². The molecule has 1 heterocycles. The maximum atomic E-state index is 12.7. The highest BCUT2D eigenvalue weighted by atomic mass is 32.2. The van der Waals surface area contributed by atoms with Crippen LogP contribution >= 0.6 is 11.8 Å². The number of phenols is 1. The monoisotopic (exact) mass is 445 g/mol. The second-order valence-corrected chi connectivity index (χ2v) is 8.06. The Kier molecular flexibility index (Phi) is 6.09. The molecule has 1 aliphatic heterocycles. The molecule has 1 fully saturated rings. The molecule has 6 nitrogen and oxygen atoms in total. The van der Waals surface area contributed by atoms with Crippen LogP contribution in [0.25, 0.3) is 17.2 Å². The van der Waals surface area contributed by atoms with E-state index in [2.05, 4.69) is 0 Å². The van der Waals surface area contributed by atoms with Crippen molar-refractivity contribution in [3.05, 3.63) is 88.8 Å². The van der Waals surface area contributed by atoms with Crippen LogP contribution in [0, 0.1) is 0 Å². The lowest BCUT2D eigenvalue weighted by atomic mass is 10.0. The Hall–Kier alpha value is -3.84. The first kappa shape index (κ1) is 21.4. The molecule has 3 aromatic carbocycles. The van der Waals surface area contributed by atoms with Gasteiger partial charge in [-0.2, -0.15) is 0 Å². The van der Waals surface area contributed by atoms with Crippen molar-refractivity contribution in [3.63, 3.8) is 0 Å². The fraction of sp³-hybridized carbons (Fsp3) is 0.0800. The van der Waals surface area contributed by atoms with Crippen LogP contribution in [-0.4, -0.2) is 40.6 Å². The molecule has 160 valence electrons. The summed E-state index contributed by atoms with van der Waals surface area (Å²) in [6.07, 6.45) is 1.53. The van der Waals surface area contributed by atoms with Crippen molar-refractivity contribution < 1.29 is 24.2 Å². The number of benzene rings is 3. The predicted octanol–water partition coefficient (Wildman–Crippen LogP) is 4.99. The third-order valence-electron chi connectivity index (χ3n) is 4.99. The van der Waals surface area contributed by atoms with E-state index in [1.807, 2.05) is 42.5 Å². The second kappa shape index (κ2) is 9.11. The lowest BCUT2D eigenvalue weighted by Crippen LogP contribution is -2.33. The number of ketones is 1. The number of methoxy groups -OCH3 is 1. The molecule has 3 aromatic rings. The number of amides is 2. The van der Waals surface area contributed by atoms with Crippen molar-refractivity contribution in [2.75, 3.05) is 13.7 Å². The molecule has 7 heteroatoms. The minimum Gasteiger partial charge on any atom is -0.504 e. The normalized spacial score (nSPS) is 14.8. The number of carbonyl (C=O) groups excluding carboxylic acids is 3. The van der Waals surface area contributed by atoms with E-state index in [4.69, 9.17) is 4.74 Å². The molecular weight excluding hydrogens is 426 g/mol. The summed E-state index contributed by atoms with van der Waals surface area (Å²) in [7, 11) is 1.42. The fourth-order valence-electron chi connectivity index (χ4n) is 3.29. The molecule has 0 radical (unpaired) electrons. The largest absolute Gasteiger partial charge is 0.504 e. The smallest absolute Gasteiger partial charge is 0.293 e. The molecule has 0 spiro atoms. The number of nitrogens with zero attached hydrogens (tertiary/aromatic N) is 1. The van der Waals surface area contributed by atoms with Crippen molar-refractivity contribution in [1.29, 1.82) is 0 Å². The molecule has 1 aliphatic rings. The highest BCUT2D eigenvalue weighted by molar-refractivity contribution is 8.18. The Morgan fingerprint density at radius 2 is 1.69 bits per heavy atom. The molecule has 2 amide bonds. The number of hydrogen-bond acceptors (Lipinski definition) is 6. The number of thioether (sulfide) groups is 1. The van der Waals surface area contributed by atoms with Gasteiger partial charge in [0.2, 0.25) is 0 Å². The Bertz CT molecular complexity index is 1220. The molecule has 1 N–H and O–H groups in total. The van der Waals surface area contributed by atoms with Crippen molar-refractivity contribution in [2.45, 2.75) is 0 Å². The zero-order valence-electron chi connectivity index (χ0n) is 17.1. The second-order valence-electron chi connectivity index (χ2n) is 7.07. The van der Waals surface area contributed by atoms with Crippen LogP contribution < -0.4 is 4.74 Å². The summed E-state index contributed by atoms with van der Waals surface area (Å²) in [5.74, 6) is -0.616. The average molecular weight is 445 g/mol. The Morgan fingerprint density at radius 3 is 2.38 bits per heavy atom. The first-order valence-electron chi connectivity index (χ1n) is 9.77. The molecule has 32 heavy (non-hydrogen) atoms. The van der Waals surface area contributed by atoms with Crippen LogP contribution in [0.2, 0.25) is 0 Å². The number of Topliss-reactive ketones (excluding diaryl/α,β-unsaturated/α-hetero) is 1. The quantitative estimate of drug-likeness (QED) is 0.425. The van der Waals surface area contributed by atoms with Crippen LogP contribution in [0.1, 0.15) is 15.9 Å². The van der Waals surface area contributed by atoms with Gasteiger partial charge in [-0.25, -0.2) is 0 Å². The molecule has 0 aromatic heterocycles. The zero-order valence-corrected chi connectivity index (χ0v) is 18.0. The topological polar surface area (TPSA) is 83.9 Å². The minimum absolute atomic E-state index is 0.0263. The van der Waals surface area contributed by atoms with E-state index in [1.54, 1.807) is 24.3 Å². The van der Waals surface area contributed by atoms with E-state index in [0.29, 0.717) is 11.1 Å². The Morgan fingerprint density at radius 1 is 1.00 bits per heavy atom. The summed E-state index contributed by atoms with van der Waals surface area (Å²) in [6, 6.07) is 21.5. The van der Waals surface area contributed by atoms with E-state index in [9.17, 15) is 19.5 Å². The van der Waals surface area contributed by atoms with E-state index < -0.39 is 11.1 Å². The Labute approximate surface area is 189 Å². The van der Waals surface area contributed by atoms with E-state index >= 15 is 0 Å². The number of carbonyl (C=O) groups is 3. The third kappa shape index (κ3) is 4.43. The van der Waals surface area contributed by atoms with Crippen LogP contribution in [-0.2, 0) is 4.79 Å². The van der Waals surface area contributed by atoms with Crippen LogP contribution in [0.3, 0.4) is 0 Å². The minimum atomic E-state index is -0.527. The maximum Gasteiger partial charge on any atom is 0.293 e.